The van der Waals surface area contributed by atoms with Crippen LogP contribution < -0.4 is 0 Å². The minimum absolute atomic E-state index is 0.0128. The van der Waals surface area contributed by atoms with Gasteiger partial charge in [0.1, 0.15) is 6.10 Å². The maximum atomic E-state index is 6.52. The molecule has 0 aromatic heterocycles. The molecule has 0 amide bonds. The largest absolute Gasteiger partial charge is 0.363 e. The molecule has 1 heteroatoms. The maximum Gasteiger partial charge on any atom is 0.108 e. The van der Waals surface area contributed by atoms with E-state index in [1.54, 1.807) is 0 Å². The average Bonchev–Trinajstić information content (AvgIpc) is 2.45. The molecule has 2 rings (SSSR count). The van der Waals surface area contributed by atoms with Gasteiger partial charge in [-0.2, -0.15) is 0 Å². The number of benzene rings is 2. The Bertz CT molecular complexity index is 489. The van der Waals surface area contributed by atoms with E-state index in [0.29, 0.717) is 5.92 Å². The minimum Gasteiger partial charge on any atom is -0.363 e. The van der Waals surface area contributed by atoms with Crippen molar-refractivity contribution in [3.8, 4) is 0 Å². The molecule has 2 aromatic rings. The topological polar surface area (TPSA) is 9.23 Å². The van der Waals surface area contributed by atoms with Gasteiger partial charge in [-0.3, -0.25) is 0 Å². The lowest BCUT2D eigenvalue weighted by molar-refractivity contribution is -0.0673. The predicted molar refractivity (Wildman–Crippen MR) is 89.3 cm³/mol. The van der Waals surface area contributed by atoms with Crippen LogP contribution in [0.2, 0.25) is 0 Å². The van der Waals surface area contributed by atoms with E-state index in [9.17, 15) is 0 Å². The van der Waals surface area contributed by atoms with Crippen LogP contribution in [0.25, 0.3) is 0 Å². The summed E-state index contributed by atoms with van der Waals surface area (Å²) in [5, 5.41) is 0. The molecule has 0 aliphatic rings. The van der Waals surface area contributed by atoms with Gasteiger partial charge >= 0.3 is 0 Å². The highest BCUT2D eigenvalue weighted by molar-refractivity contribution is 5.30. The zero-order valence-corrected chi connectivity index (χ0v) is 13.5. The molecule has 0 aliphatic heterocycles. The number of hydrogen-bond donors (Lipinski definition) is 0. The average molecular weight is 282 g/mol. The molecule has 0 unspecified atom stereocenters. The highest BCUT2D eigenvalue weighted by Gasteiger charge is 2.26. The molecule has 0 N–H and O–H groups in total. The van der Waals surface area contributed by atoms with E-state index in [1.165, 1.54) is 11.1 Å². The van der Waals surface area contributed by atoms with Crippen molar-refractivity contribution in [2.75, 3.05) is 0 Å². The molecule has 21 heavy (non-hydrogen) atoms. The van der Waals surface area contributed by atoms with E-state index >= 15 is 0 Å². The standard InChI is InChI=1S/C20H26O/c1-16(2)15-20(3,4)21-19(17-11-7-5-8-12-17)18-13-9-6-10-14-18/h5-14,16,19H,15H2,1-4H3. The summed E-state index contributed by atoms with van der Waals surface area (Å²) in [6, 6.07) is 21.0. The first-order valence-electron chi connectivity index (χ1n) is 7.76. The molecule has 1 nitrogen and oxygen atoms in total. The first-order valence-corrected chi connectivity index (χ1v) is 7.76. The van der Waals surface area contributed by atoms with Gasteiger partial charge in [0.15, 0.2) is 0 Å². The predicted octanol–water partition coefficient (Wildman–Crippen LogP) is 5.62. The van der Waals surface area contributed by atoms with Crippen LogP contribution in [0, 0.1) is 5.92 Å². The molecule has 0 heterocycles. The molecule has 112 valence electrons. The minimum atomic E-state index is -0.148. The summed E-state index contributed by atoms with van der Waals surface area (Å²) in [5.41, 5.74) is 2.27. The zero-order chi connectivity index (χ0) is 15.3. The van der Waals surface area contributed by atoms with E-state index in [4.69, 9.17) is 4.74 Å². The Labute approximate surface area is 129 Å². The Morgan fingerprint density at radius 1 is 0.810 bits per heavy atom. The fraction of sp³-hybridized carbons (Fsp3) is 0.400. The summed E-state index contributed by atoms with van der Waals surface area (Å²) in [7, 11) is 0. The Hall–Kier alpha value is -1.60. The Morgan fingerprint density at radius 2 is 1.24 bits per heavy atom. The molecule has 0 aliphatic carbocycles. The third-order valence-electron chi connectivity index (χ3n) is 3.54. The lowest BCUT2D eigenvalue weighted by Gasteiger charge is -2.33. The van der Waals surface area contributed by atoms with Crippen molar-refractivity contribution in [1.29, 1.82) is 0 Å². The van der Waals surface area contributed by atoms with Crippen molar-refractivity contribution < 1.29 is 4.74 Å². The normalized spacial score (nSPS) is 12.1. The third-order valence-corrected chi connectivity index (χ3v) is 3.54. The first-order chi connectivity index (χ1) is 9.98. The van der Waals surface area contributed by atoms with Gasteiger partial charge < -0.3 is 4.74 Å². The van der Waals surface area contributed by atoms with E-state index in [1.807, 2.05) is 12.1 Å². The van der Waals surface area contributed by atoms with Crippen LogP contribution in [-0.4, -0.2) is 5.60 Å². The highest BCUT2D eigenvalue weighted by Crippen LogP contribution is 2.33. The summed E-state index contributed by atoms with van der Waals surface area (Å²) in [4.78, 5) is 0. The smallest absolute Gasteiger partial charge is 0.108 e. The highest BCUT2D eigenvalue weighted by atomic mass is 16.5. The Balaban J connectivity index is 2.29. The van der Waals surface area contributed by atoms with E-state index < -0.39 is 0 Å². The van der Waals surface area contributed by atoms with Gasteiger partial charge in [-0.05, 0) is 37.3 Å². The van der Waals surface area contributed by atoms with Crippen LogP contribution in [0.1, 0.15) is 51.3 Å². The van der Waals surface area contributed by atoms with Gasteiger partial charge in [0.2, 0.25) is 0 Å². The number of rotatable bonds is 6. The van der Waals surface area contributed by atoms with Gasteiger partial charge in [-0.15, -0.1) is 0 Å². The van der Waals surface area contributed by atoms with Gasteiger partial charge in [0, 0.05) is 0 Å². The molecule has 2 aromatic carbocycles. The zero-order valence-electron chi connectivity index (χ0n) is 13.5. The van der Waals surface area contributed by atoms with Crippen molar-refractivity contribution in [2.24, 2.45) is 5.92 Å². The summed E-state index contributed by atoms with van der Waals surface area (Å²) < 4.78 is 6.52. The lowest BCUT2D eigenvalue weighted by atomic mass is 9.94. The second kappa shape index (κ2) is 6.91. The fourth-order valence-corrected chi connectivity index (χ4v) is 2.93. The second-order valence-corrected chi connectivity index (χ2v) is 6.68. The van der Waals surface area contributed by atoms with Crippen LogP contribution in [0.4, 0.5) is 0 Å². The molecule has 0 fully saturated rings. The molecular weight excluding hydrogens is 256 g/mol. The van der Waals surface area contributed by atoms with Crippen LogP contribution in [-0.2, 0) is 4.74 Å². The Kier molecular flexibility index (Phi) is 5.19. The summed E-state index contributed by atoms with van der Waals surface area (Å²) in [5.74, 6) is 0.618. The summed E-state index contributed by atoms with van der Waals surface area (Å²) >= 11 is 0. The first kappa shape index (κ1) is 15.8. The monoisotopic (exact) mass is 282 g/mol. The molecule has 0 radical (unpaired) electrons. The van der Waals surface area contributed by atoms with Crippen LogP contribution in [0.5, 0.6) is 0 Å². The van der Waals surface area contributed by atoms with Gasteiger partial charge in [-0.25, -0.2) is 0 Å². The van der Waals surface area contributed by atoms with Crippen molar-refractivity contribution in [1.82, 2.24) is 0 Å². The molecule has 0 bridgehead atoms. The molecule has 0 saturated heterocycles. The number of ether oxygens (including phenoxy) is 1. The Morgan fingerprint density at radius 3 is 1.62 bits per heavy atom. The molecular formula is C20H26O. The molecule has 0 spiro atoms. The summed E-state index contributed by atoms with van der Waals surface area (Å²) in [6.45, 7) is 8.86. The quantitative estimate of drug-likeness (QED) is 0.668. The van der Waals surface area contributed by atoms with Crippen molar-refractivity contribution in [3.05, 3.63) is 71.8 Å². The van der Waals surface area contributed by atoms with Crippen LogP contribution >= 0.6 is 0 Å². The lowest BCUT2D eigenvalue weighted by Crippen LogP contribution is -2.29. The van der Waals surface area contributed by atoms with Crippen molar-refractivity contribution in [2.45, 2.75) is 45.8 Å². The second-order valence-electron chi connectivity index (χ2n) is 6.68. The van der Waals surface area contributed by atoms with Crippen molar-refractivity contribution >= 4 is 0 Å². The van der Waals surface area contributed by atoms with E-state index in [0.717, 1.165) is 6.42 Å². The van der Waals surface area contributed by atoms with Crippen molar-refractivity contribution in [3.63, 3.8) is 0 Å². The van der Waals surface area contributed by atoms with E-state index in [2.05, 4.69) is 76.2 Å². The van der Waals surface area contributed by atoms with Gasteiger partial charge in [0.25, 0.3) is 0 Å². The SMILES string of the molecule is CC(C)CC(C)(C)OC(c1ccccc1)c1ccccc1. The third kappa shape index (κ3) is 4.71. The van der Waals surface area contributed by atoms with Crippen LogP contribution in [0.3, 0.4) is 0 Å². The number of hydrogen-bond acceptors (Lipinski definition) is 1. The summed E-state index contributed by atoms with van der Waals surface area (Å²) in [6.07, 6.45) is 1.03. The molecule has 0 saturated carbocycles. The van der Waals surface area contributed by atoms with Gasteiger partial charge in [-0.1, -0.05) is 74.5 Å². The van der Waals surface area contributed by atoms with E-state index in [-0.39, 0.29) is 11.7 Å². The molecule has 0 atom stereocenters. The van der Waals surface area contributed by atoms with Crippen LogP contribution in [0.15, 0.2) is 60.7 Å². The van der Waals surface area contributed by atoms with Gasteiger partial charge in [0.05, 0.1) is 5.60 Å². The maximum absolute atomic E-state index is 6.52. The fourth-order valence-electron chi connectivity index (χ4n) is 2.93.